The lowest BCUT2D eigenvalue weighted by Gasteiger charge is -2.24. The molecular formula is C22H21ClN2O4S. The summed E-state index contributed by atoms with van der Waals surface area (Å²) in [6.07, 6.45) is 0. The first-order chi connectivity index (χ1) is 14.4. The summed E-state index contributed by atoms with van der Waals surface area (Å²) < 4.78 is 32.9. The number of benzene rings is 3. The lowest BCUT2D eigenvalue weighted by molar-refractivity contribution is -0.114. The normalized spacial score (nSPS) is 11.0. The van der Waals surface area contributed by atoms with Crippen LogP contribution in [0.2, 0.25) is 5.02 Å². The van der Waals surface area contributed by atoms with E-state index in [9.17, 15) is 13.2 Å². The summed E-state index contributed by atoms with van der Waals surface area (Å²) in [4.78, 5) is 12.8. The van der Waals surface area contributed by atoms with Gasteiger partial charge in [0.15, 0.2) is 0 Å². The molecule has 0 aliphatic heterocycles. The fourth-order valence-electron chi connectivity index (χ4n) is 2.77. The maximum Gasteiger partial charge on any atom is 0.264 e. The molecule has 0 bridgehead atoms. The predicted octanol–water partition coefficient (Wildman–Crippen LogP) is 4.57. The Bertz CT molecular complexity index is 1090. The minimum absolute atomic E-state index is 0.0915. The lowest BCUT2D eigenvalue weighted by atomic mass is 10.3. The van der Waals surface area contributed by atoms with Gasteiger partial charge in [-0.2, -0.15) is 0 Å². The monoisotopic (exact) mass is 444 g/mol. The summed E-state index contributed by atoms with van der Waals surface area (Å²) in [5, 5.41) is 3.19. The van der Waals surface area contributed by atoms with Gasteiger partial charge in [0.1, 0.15) is 12.3 Å². The molecule has 0 fully saturated rings. The second-order valence-corrected chi connectivity index (χ2v) is 8.61. The molecule has 0 atom stereocenters. The van der Waals surface area contributed by atoms with Crippen molar-refractivity contribution in [1.82, 2.24) is 0 Å². The van der Waals surface area contributed by atoms with E-state index in [1.165, 1.54) is 12.1 Å². The number of halogens is 1. The molecular weight excluding hydrogens is 424 g/mol. The number of amides is 1. The van der Waals surface area contributed by atoms with E-state index in [1.54, 1.807) is 66.7 Å². The molecule has 0 spiro atoms. The number of ether oxygens (including phenoxy) is 1. The van der Waals surface area contributed by atoms with Crippen molar-refractivity contribution in [1.29, 1.82) is 0 Å². The van der Waals surface area contributed by atoms with Crippen molar-refractivity contribution < 1.29 is 17.9 Å². The Morgan fingerprint density at radius 3 is 2.20 bits per heavy atom. The Balaban J connectivity index is 1.85. The van der Waals surface area contributed by atoms with Crippen LogP contribution in [0.5, 0.6) is 5.75 Å². The first-order valence-electron chi connectivity index (χ1n) is 9.26. The van der Waals surface area contributed by atoms with Crippen LogP contribution in [0.15, 0.2) is 83.8 Å². The van der Waals surface area contributed by atoms with Gasteiger partial charge in [-0.05, 0) is 67.6 Å². The smallest absolute Gasteiger partial charge is 0.264 e. The molecule has 0 heterocycles. The largest absolute Gasteiger partial charge is 0.494 e. The van der Waals surface area contributed by atoms with E-state index in [2.05, 4.69) is 5.32 Å². The van der Waals surface area contributed by atoms with Crippen LogP contribution in [0.25, 0.3) is 0 Å². The van der Waals surface area contributed by atoms with E-state index in [1.807, 2.05) is 6.92 Å². The first kappa shape index (κ1) is 21.7. The number of hydrogen-bond donors (Lipinski definition) is 1. The lowest BCUT2D eigenvalue weighted by Crippen LogP contribution is -2.38. The van der Waals surface area contributed by atoms with E-state index < -0.39 is 22.5 Å². The highest BCUT2D eigenvalue weighted by molar-refractivity contribution is 7.92. The van der Waals surface area contributed by atoms with E-state index in [-0.39, 0.29) is 4.90 Å². The van der Waals surface area contributed by atoms with E-state index >= 15 is 0 Å². The fraction of sp³-hybridized carbons (Fsp3) is 0.136. The molecule has 0 saturated heterocycles. The Labute approximate surface area is 181 Å². The maximum atomic E-state index is 13.2. The Kier molecular flexibility index (Phi) is 6.97. The molecule has 1 amide bonds. The summed E-state index contributed by atoms with van der Waals surface area (Å²) in [6.45, 7) is 2.03. The molecule has 0 radical (unpaired) electrons. The maximum absolute atomic E-state index is 13.2. The van der Waals surface area contributed by atoms with Crippen LogP contribution >= 0.6 is 11.6 Å². The standard InChI is InChI=1S/C22H21ClN2O4S/c1-2-29-20-14-10-18(11-15-20)24-22(26)16-25(19-12-8-17(23)9-13-19)30(27,28)21-6-4-3-5-7-21/h3-15H,2,16H2,1H3,(H,24,26). The van der Waals surface area contributed by atoms with Gasteiger partial charge in [-0.3, -0.25) is 9.10 Å². The number of hydrogen-bond acceptors (Lipinski definition) is 4. The quantitative estimate of drug-likeness (QED) is 0.552. The molecule has 3 aromatic rings. The van der Waals surface area contributed by atoms with E-state index in [4.69, 9.17) is 16.3 Å². The van der Waals surface area contributed by atoms with Gasteiger partial charge < -0.3 is 10.1 Å². The van der Waals surface area contributed by atoms with Gasteiger partial charge in [0, 0.05) is 10.7 Å². The number of nitrogens with one attached hydrogen (secondary N) is 1. The molecule has 156 valence electrons. The predicted molar refractivity (Wildman–Crippen MR) is 119 cm³/mol. The fourth-order valence-corrected chi connectivity index (χ4v) is 4.34. The number of anilines is 2. The molecule has 0 aliphatic carbocycles. The zero-order valence-corrected chi connectivity index (χ0v) is 17.9. The molecule has 30 heavy (non-hydrogen) atoms. The van der Waals surface area contributed by atoms with Crippen LogP contribution in [-0.4, -0.2) is 27.5 Å². The molecule has 1 N–H and O–H groups in total. The Hall–Kier alpha value is -3.03. The van der Waals surface area contributed by atoms with Gasteiger partial charge in [0.2, 0.25) is 5.91 Å². The van der Waals surface area contributed by atoms with Gasteiger partial charge in [0.25, 0.3) is 10.0 Å². The summed E-state index contributed by atoms with van der Waals surface area (Å²) in [5.41, 5.74) is 0.877. The van der Waals surface area contributed by atoms with Crippen LogP contribution in [0.3, 0.4) is 0 Å². The highest BCUT2D eigenvalue weighted by Gasteiger charge is 2.27. The van der Waals surface area contributed by atoms with Crippen LogP contribution in [0.1, 0.15) is 6.92 Å². The molecule has 3 rings (SSSR count). The van der Waals surface area contributed by atoms with Crippen molar-refractivity contribution in [2.75, 3.05) is 22.8 Å². The Morgan fingerprint density at radius 1 is 0.967 bits per heavy atom. The van der Waals surface area contributed by atoms with Crippen molar-refractivity contribution in [3.8, 4) is 5.75 Å². The third-order valence-corrected chi connectivity index (χ3v) is 6.22. The number of rotatable bonds is 8. The number of nitrogens with zero attached hydrogens (tertiary/aromatic N) is 1. The Morgan fingerprint density at radius 2 is 1.60 bits per heavy atom. The second-order valence-electron chi connectivity index (χ2n) is 6.31. The minimum atomic E-state index is -3.96. The molecule has 0 unspecified atom stereocenters. The van der Waals surface area contributed by atoms with Crippen molar-refractivity contribution in [2.24, 2.45) is 0 Å². The van der Waals surface area contributed by atoms with Crippen LogP contribution in [0.4, 0.5) is 11.4 Å². The minimum Gasteiger partial charge on any atom is -0.494 e. The van der Waals surface area contributed by atoms with Gasteiger partial charge in [-0.15, -0.1) is 0 Å². The third-order valence-electron chi connectivity index (χ3n) is 4.18. The summed E-state index contributed by atoms with van der Waals surface area (Å²) >= 11 is 5.94. The number of sulfonamides is 1. The second kappa shape index (κ2) is 9.65. The molecule has 0 aliphatic rings. The van der Waals surface area contributed by atoms with Crippen LogP contribution < -0.4 is 14.4 Å². The van der Waals surface area contributed by atoms with Crippen molar-refractivity contribution in [2.45, 2.75) is 11.8 Å². The SMILES string of the molecule is CCOc1ccc(NC(=O)CN(c2ccc(Cl)cc2)S(=O)(=O)c2ccccc2)cc1. The summed E-state index contributed by atoms with van der Waals surface area (Å²) in [5.74, 6) is 0.207. The number of carbonyl (C=O) groups is 1. The van der Waals surface area contributed by atoms with E-state index in [0.717, 1.165) is 4.31 Å². The molecule has 0 aromatic heterocycles. The molecule has 3 aromatic carbocycles. The van der Waals surface area contributed by atoms with Gasteiger partial charge >= 0.3 is 0 Å². The van der Waals surface area contributed by atoms with Crippen molar-refractivity contribution in [3.05, 3.63) is 83.9 Å². The average Bonchev–Trinajstić information content (AvgIpc) is 2.75. The van der Waals surface area contributed by atoms with E-state index in [0.29, 0.717) is 28.8 Å². The van der Waals surface area contributed by atoms with Gasteiger partial charge in [-0.25, -0.2) is 8.42 Å². The number of carbonyl (C=O) groups excluding carboxylic acids is 1. The van der Waals surface area contributed by atoms with Crippen molar-refractivity contribution in [3.63, 3.8) is 0 Å². The van der Waals surface area contributed by atoms with Crippen LogP contribution in [0, 0.1) is 0 Å². The summed E-state index contributed by atoms with van der Waals surface area (Å²) in [6, 6.07) is 21.1. The third kappa shape index (κ3) is 5.31. The molecule has 0 saturated carbocycles. The highest BCUT2D eigenvalue weighted by Crippen LogP contribution is 2.25. The first-order valence-corrected chi connectivity index (χ1v) is 11.1. The zero-order valence-electron chi connectivity index (χ0n) is 16.3. The average molecular weight is 445 g/mol. The molecule has 6 nitrogen and oxygen atoms in total. The highest BCUT2D eigenvalue weighted by atomic mass is 35.5. The van der Waals surface area contributed by atoms with Gasteiger partial charge in [0.05, 0.1) is 17.2 Å². The van der Waals surface area contributed by atoms with Crippen molar-refractivity contribution >= 4 is 38.9 Å². The summed E-state index contributed by atoms with van der Waals surface area (Å²) in [7, 11) is -3.96. The topological polar surface area (TPSA) is 75.7 Å². The molecule has 8 heteroatoms. The zero-order chi connectivity index (χ0) is 21.6. The van der Waals surface area contributed by atoms with Gasteiger partial charge in [-0.1, -0.05) is 29.8 Å². The van der Waals surface area contributed by atoms with Crippen LogP contribution in [-0.2, 0) is 14.8 Å².